The van der Waals surface area contributed by atoms with Gasteiger partial charge in [-0.15, -0.1) is 0 Å². The third-order valence-electron chi connectivity index (χ3n) is 5.02. The fourth-order valence-electron chi connectivity index (χ4n) is 3.92. The number of nitro groups is 1. The minimum absolute atomic E-state index is 0.0219. The standard InChI is InChI=1S/C19H18N2O3/c1-24-13-6-2-5-12(11-13)18-15-8-3-7-14(15)16-9-4-10-17(21(22)23)19(16)20-18/h2-7,9-11,14-15,18,20H,8H2,1H3/t14-,15-,18+/m1/s1. The van der Waals surface area contributed by atoms with Crippen molar-refractivity contribution >= 4 is 11.4 Å². The summed E-state index contributed by atoms with van der Waals surface area (Å²) in [5.41, 5.74) is 2.89. The fourth-order valence-corrected chi connectivity index (χ4v) is 3.92. The lowest BCUT2D eigenvalue weighted by molar-refractivity contribution is -0.384. The number of nitro benzene ring substituents is 1. The molecule has 0 saturated heterocycles. The van der Waals surface area contributed by atoms with Crippen LogP contribution in [-0.4, -0.2) is 12.0 Å². The maximum absolute atomic E-state index is 11.4. The molecule has 0 spiro atoms. The molecule has 5 heteroatoms. The average molecular weight is 322 g/mol. The van der Waals surface area contributed by atoms with Crippen LogP contribution in [0.25, 0.3) is 0 Å². The molecule has 5 nitrogen and oxygen atoms in total. The van der Waals surface area contributed by atoms with E-state index in [1.54, 1.807) is 19.2 Å². The van der Waals surface area contributed by atoms with Gasteiger partial charge in [0, 0.05) is 12.0 Å². The molecule has 4 rings (SSSR count). The van der Waals surface area contributed by atoms with Crippen LogP contribution in [0.3, 0.4) is 0 Å². The van der Waals surface area contributed by atoms with Crippen molar-refractivity contribution in [3.63, 3.8) is 0 Å². The number of rotatable bonds is 3. The lowest BCUT2D eigenvalue weighted by atomic mass is 9.77. The SMILES string of the molecule is COc1cccc([C@@H]2Nc3c(cccc3[N+](=O)[O-])[C@@H]3C=CC[C@H]32)c1. The summed E-state index contributed by atoms with van der Waals surface area (Å²) in [4.78, 5) is 11.1. The molecule has 1 aliphatic carbocycles. The Balaban J connectivity index is 1.83. The molecule has 2 aromatic rings. The van der Waals surface area contributed by atoms with Crippen molar-refractivity contribution in [1.29, 1.82) is 0 Å². The predicted octanol–water partition coefficient (Wildman–Crippen LogP) is 4.43. The number of para-hydroxylation sites is 1. The maximum atomic E-state index is 11.4. The summed E-state index contributed by atoms with van der Waals surface area (Å²) in [7, 11) is 1.65. The number of ether oxygens (including phenoxy) is 1. The topological polar surface area (TPSA) is 64.4 Å². The van der Waals surface area contributed by atoms with E-state index >= 15 is 0 Å². The molecule has 0 unspecified atom stereocenters. The van der Waals surface area contributed by atoms with Gasteiger partial charge in [0.25, 0.3) is 5.69 Å². The quantitative estimate of drug-likeness (QED) is 0.516. The monoisotopic (exact) mass is 322 g/mol. The first-order valence-corrected chi connectivity index (χ1v) is 8.03. The highest BCUT2D eigenvalue weighted by Gasteiger charge is 2.40. The third-order valence-corrected chi connectivity index (χ3v) is 5.02. The van der Waals surface area contributed by atoms with Crippen LogP contribution < -0.4 is 10.1 Å². The van der Waals surface area contributed by atoms with Crippen LogP contribution in [0.1, 0.15) is 29.5 Å². The fraction of sp³-hybridized carbons (Fsp3) is 0.263. The highest BCUT2D eigenvalue weighted by molar-refractivity contribution is 5.71. The first kappa shape index (κ1) is 14.8. The van der Waals surface area contributed by atoms with Crippen molar-refractivity contribution in [3.8, 4) is 5.75 Å². The normalized spacial score (nSPS) is 24.0. The lowest BCUT2D eigenvalue weighted by Crippen LogP contribution is -2.29. The van der Waals surface area contributed by atoms with E-state index in [0.29, 0.717) is 11.6 Å². The van der Waals surface area contributed by atoms with Gasteiger partial charge in [-0.1, -0.05) is 36.4 Å². The Morgan fingerprint density at radius 1 is 1.25 bits per heavy atom. The van der Waals surface area contributed by atoms with Crippen LogP contribution in [0.5, 0.6) is 5.75 Å². The number of allylic oxidation sites excluding steroid dienone is 2. The van der Waals surface area contributed by atoms with Gasteiger partial charge < -0.3 is 10.1 Å². The number of hydrogen-bond donors (Lipinski definition) is 1. The highest BCUT2D eigenvalue weighted by Crippen LogP contribution is 2.52. The summed E-state index contributed by atoms with van der Waals surface area (Å²) in [6.45, 7) is 0. The number of anilines is 1. The molecule has 0 amide bonds. The number of fused-ring (bicyclic) bond motifs is 3. The van der Waals surface area contributed by atoms with Gasteiger partial charge in [-0.3, -0.25) is 10.1 Å². The first-order chi connectivity index (χ1) is 11.7. The molecule has 2 aromatic carbocycles. The zero-order chi connectivity index (χ0) is 16.7. The Morgan fingerprint density at radius 3 is 2.88 bits per heavy atom. The van der Waals surface area contributed by atoms with Crippen LogP contribution in [0.2, 0.25) is 0 Å². The minimum Gasteiger partial charge on any atom is -0.497 e. The Morgan fingerprint density at radius 2 is 2.08 bits per heavy atom. The molecule has 0 bridgehead atoms. The van der Waals surface area contributed by atoms with Crippen molar-refractivity contribution in [3.05, 3.63) is 75.9 Å². The van der Waals surface area contributed by atoms with Gasteiger partial charge in [-0.25, -0.2) is 0 Å². The van der Waals surface area contributed by atoms with Crippen LogP contribution in [-0.2, 0) is 0 Å². The van der Waals surface area contributed by atoms with Gasteiger partial charge in [-0.05, 0) is 35.6 Å². The molecule has 1 heterocycles. The molecule has 24 heavy (non-hydrogen) atoms. The molecule has 1 aliphatic heterocycles. The Kier molecular flexibility index (Phi) is 3.49. The van der Waals surface area contributed by atoms with Crippen LogP contribution in [0, 0.1) is 16.0 Å². The Hall–Kier alpha value is -2.82. The summed E-state index contributed by atoms with van der Waals surface area (Å²) in [6, 6.07) is 13.3. The van der Waals surface area contributed by atoms with Crippen LogP contribution in [0.4, 0.5) is 11.4 Å². The number of benzene rings is 2. The van der Waals surface area contributed by atoms with Crippen molar-refractivity contribution in [2.75, 3.05) is 12.4 Å². The van der Waals surface area contributed by atoms with Crippen molar-refractivity contribution in [2.24, 2.45) is 5.92 Å². The van der Waals surface area contributed by atoms with Gasteiger partial charge in [0.15, 0.2) is 0 Å². The second-order valence-corrected chi connectivity index (χ2v) is 6.25. The van der Waals surface area contributed by atoms with E-state index in [-0.39, 0.29) is 22.6 Å². The molecule has 3 atom stereocenters. The maximum Gasteiger partial charge on any atom is 0.292 e. The number of nitrogens with one attached hydrogen (secondary N) is 1. The zero-order valence-electron chi connectivity index (χ0n) is 13.3. The molecular formula is C19H18N2O3. The predicted molar refractivity (Wildman–Crippen MR) is 92.4 cm³/mol. The molecule has 0 fully saturated rings. The van der Waals surface area contributed by atoms with E-state index in [4.69, 9.17) is 4.74 Å². The van der Waals surface area contributed by atoms with Crippen LogP contribution >= 0.6 is 0 Å². The highest BCUT2D eigenvalue weighted by atomic mass is 16.6. The van der Waals surface area contributed by atoms with Gasteiger partial charge in [-0.2, -0.15) is 0 Å². The van der Waals surface area contributed by atoms with E-state index in [2.05, 4.69) is 23.5 Å². The summed E-state index contributed by atoms with van der Waals surface area (Å²) in [6.07, 6.45) is 5.32. The largest absolute Gasteiger partial charge is 0.497 e. The summed E-state index contributed by atoms with van der Waals surface area (Å²) in [5, 5.41) is 14.9. The Bertz CT molecular complexity index is 831. The Labute approximate surface area is 140 Å². The molecule has 2 aliphatic rings. The van der Waals surface area contributed by atoms with E-state index in [9.17, 15) is 10.1 Å². The van der Waals surface area contributed by atoms with E-state index in [1.807, 2.05) is 24.3 Å². The lowest BCUT2D eigenvalue weighted by Gasteiger charge is -2.37. The first-order valence-electron chi connectivity index (χ1n) is 8.03. The second-order valence-electron chi connectivity index (χ2n) is 6.25. The zero-order valence-corrected chi connectivity index (χ0v) is 13.3. The second kappa shape index (κ2) is 5.67. The van der Waals surface area contributed by atoms with Crippen molar-refractivity contribution in [2.45, 2.75) is 18.4 Å². The number of hydrogen-bond acceptors (Lipinski definition) is 4. The molecular weight excluding hydrogens is 304 g/mol. The van der Waals surface area contributed by atoms with E-state index < -0.39 is 0 Å². The van der Waals surface area contributed by atoms with Gasteiger partial charge in [0.1, 0.15) is 11.4 Å². The van der Waals surface area contributed by atoms with Crippen molar-refractivity contribution in [1.82, 2.24) is 0 Å². The molecule has 0 saturated carbocycles. The minimum atomic E-state index is -0.312. The average Bonchev–Trinajstić information content (AvgIpc) is 3.10. The molecule has 0 aromatic heterocycles. The van der Waals surface area contributed by atoms with E-state index in [1.165, 1.54) is 0 Å². The number of nitrogens with zero attached hydrogens (tertiary/aromatic N) is 1. The smallest absolute Gasteiger partial charge is 0.292 e. The summed E-state index contributed by atoms with van der Waals surface area (Å²) in [5.74, 6) is 1.36. The van der Waals surface area contributed by atoms with E-state index in [0.717, 1.165) is 23.3 Å². The summed E-state index contributed by atoms with van der Waals surface area (Å²) >= 11 is 0. The molecule has 1 N–H and O–H groups in total. The van der Waals surface area contributed by atoms with Crippen LogP contribution in [0.15, 0.2) is 54.6 Å². The molecule has 122 valence electrons. The third kappa shape index (κ3) is 2.24. The van der Waals surface area contributed by atoms with Crippen molar-refractivity contribution < 1.29 is 9.66 Å². The van der Waals surface area contributed by atoms with Gasteiger partial charge >= 0.3 is 0 Å². The number of methoxy groups -OCH3 is 1. The molecule has 0 radical (unpaired) electrons. The van der Waals surface area contributed by atoms with Gasteiger partial charge in [0.2, 0.25) is 0 Å². The summed E-state index contributed by atoms with van der Waals surface area (Å²) < 4.78 is 5.34. The van der Waals surface area contributed by atoms with Gasteiger partial charge in [0.05, 0.1) is 18.1 Å².